The van der Waals surface area contributed by atoms with E-state index in [-0.39, 0.29) is 27.7 Å². The summed E-state index contributed by atoms with van der Waals surface area (Å²) in [6.45, 7) is 0. The van der Waals surface area contributed by atoms with E-state index >= 15 is 0 Å². The Balaban J connectivity index is 1.38. The number of ketones is 1. The molecule has 14 heteroatoms. The molecule has 0 saturated carbocycles. The number of para-hydroxylation sites is 1. The van der Waals surface area contributed by atoms with E-state index in [0.29, 0.717) is 31.1 Å². The first-order valence-electron chi connectivity index (χ1n) is 12.2. The fourth-order valence-electron chi connectivity index (χ4n) is 4.52. The lowest BCUT2D eigenvalue weighted by Crippen LogP contribution is -2.31. The molecule has 0 fully saturated rings. The second-order valence-corrected chi connectivity index (χ2v) is 12.1. The molecule has 1 aliphatic heterocycles. The first-order valence-corrected chi connectivity index (χ1v) is 14.7. The van der Waals surface area contributed by atoms with Crippen molar-refractivity contribution in [3.8, 4) is 0 Å². The largest absolute Gasteiger partial charge is 0.503 e. The number of aliphatic hydroxyl groups is 1. The van der Waals surface area contributed by atoms with Crippen LogP contribution in [-0.2, 0) is 10.5 Å². The number of nitro benzene ring substituents is 1. The highest BCUT2D eigenvalue weighted by molar-refractivity contribution is 8.00. The van der Waals surface area contributed by atoms with Gasteiger partial charge in [0.15, 0.2) is 15.9 Å². The minimum Gasteiger partial charge on any atom is -0.503 e. The van der Waals surface area contributed by atoms with Crippen molar-refractivity contribution >= 4 is 79.8 Å². The van der Waals surface area contributed by atoms with E-state index in [1.165, 1.54) is 42.1 Å². The molecule has 3 heterocycles. The maximum Gasteiger partial charge on any atom is 0.296 e. The number of aliphatic hydroxyl groups excluding tert-OH is 1. The van der Waals surface area contributed by atoms with Gasteiger partial charge in [-0.3, -0.25) is 24.6 Å². The summed E-state index contributed by atoms with van der Waals surface area (Å²) in [6, 6.07) is 17.9. The van der Waals surface area contributed by atoms with Crippen molar-refractivity contribution in [1.82, 2.24) is 10.2 Å². The highest BCUT2D eigenvalue weighted by Gasteiger charge is 2.47. The number of Topliss-reactive ketones (excluding diaryl/α,β-unsaturated/α-hetero) is 1. The fraction of sp³-hybridized carbons (Fsp3) is 0.0714. The SMILES string of the molecule is O=C(C1=C(O)C(=O)N(c2nnc(SCc3ccc(Cl)cc3Cl)s2)C1c1cccc([N+](=O)[O-])c1)c1cc2ccccc2o1. The van der Waals surface area contributed by atoms with Crippen molar-refractivity contribution in [3.05, 3.63) is 121 Å². The van der Waals surface area contributed by atoms with Gasteiger partial charge in [0, 0.05) is 33.3 Å². The summed E-state index contributed by atoms with van der Waals surface area (Å²) < 4.78 is 6.21. The number of fused-ring (bicyclic) bond motifs is 1. The van der Waals surface area contributed by atoms with E-state index in [1.807, 2.05) is 0 Å². The lowest BCUT2D eigenvalue weighted by molar-refractivity contribution is -0.384. The average molecular weight is 639 g/mol. The third kappa shape index (κ3) is 5.13. The molecule has 0 aliphatic carbocycles. The maximum absolute atomic E-state index is 13.8. The van der Waals surface area contributed by atoms with Gasteiger partial charge in [-0.1, -0.05) is 82.7 Å². The minimum atomic E-state index is -1.24. The van der Waals surface area contributed by atoms with Crippen LogP contribution in [0.15, 0.2) is 92.9 Å². The molecule has 0 saturated heterocycles. The molecule has 10 nitrogen and oxygen atoms in total. The summed E-state index contributed by atoms with van der Waals surface area (Å²) in [5.41, 5.74) is 0.929. The number of benzene rings is 3. The number of nitrogens with zero attached hydrogens (tertiary/aromatic N) is 4. The second kappa shape index (κ2) is 11.2. The number of thioether (sulfide) groups is 1. The van der Waals surface area contributed by atoms with Crippen LogP contribution in [0.4, 0.5) is 10.8 Å². The van der Waals surface area contributed by atoms with Gasteiger partial charge < -0.3 is 9.52 Å². The normalized spacial score (nSPS) is 15.1. The van der Waals surface area contributed by atoms with Crippen LogP contribution < -0.4 is 4.90 Å². The van der Waals surface area contributed by atoms with Crippen molar-refractivity contribution in [3.63, 3.8) is 0 Å². The number of amides is 1. The second-order valence-electron chi connectivity index (χ2n) is 9.04. The summed E-state index contributed by atoms with van der Waals surface area (Å²) >= 11 is 14.6. The van der Waals surface area contributed by atoms with Crippen LogP contribution in [0.25, 0.3) is 11.0 Å². The Kier molecular flexibility index (Phi) is 7.45. The third-order valence-corrected chi connectivity index (χ3v) is 9.16. The van der Waals surface area contributed by atoms with Crippen molar-refractivity contribution in [2.75, 3.05) is 4.90 Å². The van der Waals surface area contributed by atoms with E-state index in [0.717, 1.165) is 21.8 Å². The van der Waals surface area contributed by atoms with E-state index in [2.05, 4.69) is 10.2 Å². The molecule has 1 amide bonds. The van der Waals surface area contributed by atoms with Gasteiger partial charge in [0.05, 0.1) is 16.5 Å². The number of carbonyl (C=O) groups excluding carboxylic acids is 2. The maximum atomic E-state index is 13.8. The van der Waals surface area contributed by atoms with Crippen molar-refractivity contribution < 1.29 is 24.0 Å². The van der Waals surface area contributed by atoms with Crippen LogP contribution in [0.1, 0.15) is 27.7 Å². The molecule has 0 spiro atoms. The Labute approximate surface area is 255 Å². The standard InChI is InChI=1S/C28H16Cl2N4O6S2/c29-17-9-8-16(19(30)12-17)13-41-28-32-31-27(42-28)33-23(15-5-3-6-18(10-15)34(38)39)22(25(36)26(33)37)24(35)21-11-14-4-1-2-7-20(14)40-21/h1-12,23,36H,13H2. The van der Waals surface area contributed by atoms with E-state index in [9.17, 15) is 24.8 Å². The summed E-state index contributed by atoms with van der Waals surface area (Å²) in [5.74, 6) is -2.12. The Morgan fingerprint density at radius 1 is 1.10 bits per heavy atom. The number of halogens is 2. The predicted octanol–water partition coefficient (Wildman–Crippen LogP) is 7.57. The summed E-state index contributed by atoms with van der Waals surface area (Å²) in [4.78, 5) is 39.4. The van der Waals surface area contributed by atoms with Crippen molar-refractivity contribution in [2.45, 2.75) is 16.1 Å². The summed E-state index contributed by atoms with van der Waals surface area (Å²) in [7, 11) is 0. The molecule has 1 unspecified atom stereocenters. The number of aromatic nitrogens is 2. The predicted molar refractivity (Wildman–Crippen MR) is 159 cm³/mol. The van der Waals surface area contributed by atoms with E-state index < -0.39 is 28.4 Å². The number of hydrogen-bond acceptors (Lipinski definition) is 10. The Bertz CT molecular complexity index is 1910. The molecule has 3 aromatic carbocycles. The number of non-ortho nitro benzene ring substituents is 1. The van der Waals surface area contributed by atoms with Crippen LogP contribution in [0.5, 0.6) is 0 Å². The number of rotatable bonds is 8. The Morgan fingerprint density at radius 2 is 1.90 bits per heavy atom. The van der Waals surface area contributed by atoms with Gasteiger partial charge in [0.1, 0.15) is 5.58 Å². The van der Waals surface area contributed by atoms with Gasteiger partial charge in [0.25, 0.3) is 11.6 Å². The molecular weight excluding hydrogens is 623 g/mol. The zero-order valence-corrected chi connectivity index (χ0v) is 24.2. The number of furan rings is 1. The zero-order chi connectivity index (χ0) is 29.5. The summed E-state index contributed by atoms with van der Waals surface area (Å²) in [6.07, 6.45) is 0. The first kappa shape index (κ1) is 27.9. The number of nitro groups is 1. The smallest absolute Gasteiger partial charge is 0.296 e. The van der Waals surface area contributed by atoms with Gasteiger partial charge in [-0.15, -0.1) is 10.2 Å². The van der Waals surface area contributed by atoms with Gasteiger partial charge in [-0.2, -0.15) is 0 Å². The average Bonchev–Trinajstić information content (AvgIpc) is 3.69. The van der Waals surface area contributed by atoms with Gasteiger partial charge in [-0.25, -0.2) is 0 Å². The number of carbonyl (C=O) groups is 2. The van der Waals surface area contributed by atoms with E-state index in [4.69, 9.17) is 27.6 Å². The first-order chi connectivity index (χ1) is 20.2. The molecule has 2 aromatic heterocycles. The molecule has 5 aromatic rings. The molecular formula is C28H16Cl2N4O6S2. The van der Waals surface area contributed by atoms with Gasteiger partial charge in [0.2, 0.25) is 10.9 Å². The third-order valence-electron chi connectivity index (χ3n) is 6.47. The lowest BCUT2D eigenvalue weighted by Gasteiger charge is -2.23. The minimum absolute atomic E-state index is 0.0835. The van der Waals surface area contributed by atoms with Crippen LogP contribution in [-0.4, -0.2) is 31.9 Å². The highest BCUT2D eigenvalue weighted by Crippen LogP contribution is 2.45. The van der Waals surface area contributed by atoms with Gasteiger partial charge >= 0.3 is 0 Å². The van der Waals surface area contributed by atoms with Crippen LogP contribution >= 0.6 is 46.3 Å². The Hall–Kier alpha value is -4.23. The molecule has 1 aliphatic rings. The molecule has 0 bridgehead atoms. The summed E-state index contributed by atoms with van der Waals surface area (Å²) in [5, 5.41) is 32.7. The molecule has 210 valence electrons. The molecule has 0 radical (unpaired) electrons. The number of hydrogen-bond donors (Lipinski definition) is 1. The highest BCUT2D eigenvalue weighted by atomic mass is 35.5. The van der Waals surface area contributed by atoms with Crippen molar-refractivity contribution in [2.24, 2.45) is 0 Å². The van der Waals surface area contributed by atoms with Crippen LogP contribution in [0, 0.1) is 10.1 Å². The zero-order valence-electron chi connectivity index (χ0n) is 21.1. The molecule has 1 atom stereocenters. The fourth-order valence-corrected chi connectivity index (χ4v) is 6.95. The van der Waals surface area contributed by atoms with Crippen molar-refractivity contribution in [1.29, 1.82) is 0 Å². The van der Waals surface area contributed by atoms with Gasteiger partial charge in [-0.05, 0) is 35.4 Å². The molecule has 42 heavy (non-hydrogen) atoms. The van der Waals surface area contributed by atoms with Crippen LogP contribution in [0.2, 0.25) is 10.0 Å². The van der Waals surface area contributed by atoms with E-state index in [1.54, 1.807) is 42.5 Å². The molecule has 6 rings (SSSR count). The molecule has 1 N–H and O–H groups in total. The lowest BCUT2D eigenvalue weighted by atomic mass is 9.95. The topological polar surface area (TPSA) is 140 Å². The Morgan fingerprint density at radius 3 is 2.67 bits per heavy atom. The number of anilines is 1. The van der Waals surface area contributed by atoms with Crippen LogP contribution in [0.3, 0.4) is 0 Å². The quantitative estimate of drug-likeness (QED) is 0.0598. The monoisotopic (exact) mass is 638 g/mol.